The number of nitrogens with one attached hydrogen (secondary N) is 1. The average Bonchev–Trinajstić information content (AvgIpc) is 2.97. The summed E-state index contributed by atoms with van der Waals surface area (Å²) < 4.78 is 32.2. The van der Waals surface area contributed by atoms with E-state index in [0.29, 0.717) is 12.1 Å². The molecular formula is C14H17N3O5S. The number of ether oxygens (including phenoxy) is 1. The van der Waals surface area contributed by atoms with Gasteiger partial charge in [-0.05, 0) is 23.8 Å². The van der Waals surface area contributed by atoms with Gasteiger partial charge in [-0.1, -0.05) is 0 Å². The van der Waals surface area contributed by atoms with E-state index in [1.165, 1.54) is 21.9 Å². The highest BCUT2D eigenvalue weighted by atomic mass is 32.2. The lowest BCUT2D eigenvalue weighted by molar-refractivity contribution is -0.117. The van der Waals surface area contributed by atoms with E-state index in [0.717, 1.165) is 5.69 Å². The third kappa shape index (κ3) is 2.89. The van der Waals surface area contributed by atoms with Gasteiger partial charge >= 0.3 is 6.09 Å². The largest absolute Gasteiger partial charge is 0.443 e. The van der Waals surface area contributed by atoms with Crippen LogP contribution in [0.2, 0.25) is 0 Å². The highest BCUT2D eigenvalue weighted by Gasteiger charge is 2.30. The van der Waals surface area contributed by atoms with Crippen molar-refractivity contribution in [3.8, 4) is 0 Å². The number of benzene rings is 1. The molecule has 3 rings (SSSR count). The molecule has 1 aromatic carbocycles. The molecule has 1 N–H and O–H groups in total. The third-order valence-corrected chi connectivity index (χ3v) is 5.42. The number of carbonyl (C=O) groups is 2. The van der Waals surface area contributed by atoms with Crippen molar-refractivity contribution < 1.29 is 22.7 Å². The van der Waals surface area contributed by atoms with E-state index >= 15 is 0 Å². The second kappa shape index (κ2) is 5.50. The Hall–Kier alpha value is -2.13. The number of hydrogen-bond donors (Lipinski definition) is 1. The van der Waals surface area contributed by atoms with Gasteiger partial charge in [-0.3, -0.25) is 4.79 Å². The van der Waals surface area contributed by atoms with E-state index in [2.05, 4.69) is 4.72 Å². The van der Waals surface area contributed by atoms with Crippen LogP contribution in [0.25, 0.3) is 0 Å². The highest BCUT2D eigenvalue weighted by molar-refractivity contribution is 7.89. The fraction of sp³-hybridized carbons (Fsp3) is 0.429. The lowest BCUT2D eigenvalue weighted by atomic mass is 10.2. The van der Waals surface area contributed by atoms with Crippen LogP contribution in [0.5, 0.6) is 0 Å². The lowest BCUT2D eigenvalue weighted by Crippen LogP contribution is -2.34. The number of carbonyl (C=O) groups excluding carboxylic acids is 2. The molecule has 0 saturated carbocycles. The molecule has 1 saturated heterocycles. The van der Waals surface area contributed by atoms with E-state index in [1.54, 1.807) is 20.2 Å². The van der Waals surface area contributed by atoms with Gasteiger partial charge in [-0.25, -0.2) is 17.9 Å². The Bertz CT molecular complexity index is 777. The summed E-state index contributed by atoms with van der Waals surface area (Å²) in [5.41, 5.74) is 1.41. The van der Waals surface area contributed by atoms with E-state index in [4.69, 9.17) is 4.74 Å². The molecular weight excluding hydrogens is 322 g/mol. The normalized spacial score (nSPS) is 20.9. The van der Waals surface area contributed by atoms with Crippen molar-refractivity contribution in [1.82, 2.24) is 9.62 Å². The second-order valence-corrected chi connectivity index (χ2v) is 7.43. The molecule has 0 bridgehead atoms. The van der Waals surface area contributed by atoms with Crippen LogP contribution in [0.1, 0.15) is 5.56 Å². The van der Waals surface area contributed by atoms with Crippen molar-refractivity contribution in [2.24, 2.45) is 0 Å². The van der Waals surface area contributed by atoms with Crippen LogP contribution in [0.3, 0.4) is 0 Å². The van der Waals surface area contributed by atoms with Crippen LogP contribution in [0.4, 0.5) is 10.5 Å². The Kier molecular flexibility index (Phi) is 3.77. The number of fused-ring (bicyclic) bond motifs is 1. The third-order valence-electron chi connectivity index (χ3n) is 4.00. The van der Waals surface area contributed by atoms with Crippen molar-refractivity contribution in [2.45, 2.75) is 17.4 Å². The molecule has 1 unspecified atom stereocenters. The van der Waals surface area contributed by atoms with Crippen molar-refractivity contribution >= 4 is 27.7 Å². The van der Waals surface area contributed by atoms with Gasteiger partial charge in [-0.15, -0.1) is 0 Å². The minimum Gasteiger partial charge on any atom is -0.443 e. The number of likely N-dealkylation sites (N-methyl/N-ethyl adjacent to an activating group) is 2. The molecule has 2 aliphatic heterocycles. The first-order valence-corrected chi connectivity index (χ1v) is 8.57. The summed E-state index contributed by atoms with van der Waals surface area (Å²) in [5.74, 6) is -0.0663. The molecule has 23 heavy (non-hydrogen) atoms. The fourth-order valence-electron chi connectivity index (χ4n) is 2.66. The smallest absolute Gasteiger partial charge is 0.410 e. The molecule has 8 nitrogen and oxygen atoms in total. The Morgan fingerprint density at radius 1 is 1.30 bits per heavy atom. The van der Waals surface area contributed by atoms with Gasteiger partial charge < -0.3 is 14.5 Å². The van der Waals surface area contributed by atoms with Gasteiger partial charge in [-0.2, -0.15) is 0 Å². The maximum atomic E-state index is 12.4. The number of sulfonamides is 1. The first kappa shape index (κ1) is 15.8. The number of cyclic esters (lactones) is 1. The predicted octanol–water partition coefficient (Wildman–Crippen LogP) is -0.0656. The number of rotatable bonds is 4. The van der Waals surface area contributed by atoms with Gasteiger partial charge in [0.05, 0.1) is 17.9 Å². The Morgan fingerprint density at radius 3 is 2.70 bits per heavy atom. The first-order chi connectivity index (χ1) is 10.8. The number of anilines is 1. The van der Waals surface area contributed by atoms with Gasteiger partial charge in [0.15, 0.2) is 0 Å². The zero-order valence-corrected chi connectivity index (χ0v) is 13.6. The maximum absolute atomic E-state index is 12.4. The van der Waals surface area contributed by atoms with E-state index in [9.17, 15) is 18.0 Å². The summed E-state index contributed by atoms with van der Waals surface area (Å²) in [6.45, 7) is 0.346. The number of hydrogen-bond acceptors (Lipinski definition) is 5. The van der Waals surface area contributed by atoms with E-state index in [1.807, 2.05) is 0 Å². The zero-order chi connectivity index (χ0) is 16.8. The minimum atomic E-state index is -3.73. The molecule has 2 heterocycles. The summed E-state index contributed by atoms with van der Waals surface area (Å²) in [4.78, 5) is 25.9. The van der Waals surface area contributed by atoms with Crippen LogP contribution in [-0.4, -0.2) is 58.6 Å². The van der Waals surface area contributed by atoms with Crippen molar-refractivity contribution in [2.75, 3.05) is 32.1 Å². The summed E-state index contributed by atoms with van der Waals surface area (Å²) >= 11 is 0. The Labute approximate surface area is 134 Å². The van der Waals surface area contributed by atoms with Crippen LogP contribution in [0.15, 0.2) is 23.1 Å². The topological polar surface area (TPSA) is 96.0 Å². The minimum absolute atomic E-state index is 0.00827. The molecule has 9 heteroatoms. The monoisotopic (exact) mass is 339 g/mol. The molecule has 2 amide bonds. The van der Waals surface area contributed by atoms with Gasteiger partial charge in [0.25, 0.3) is 0 Å². The molecule has 2 aliphatic rings. The van der Waals surface area contributed by atoms with Gasteiger partial charge in [0, 0.05) is 26.3 Å². The van der Waals surface area contributed by atoms with Crippen LogP contribution < -0.4 is 9.62 Å². The SMILES string of the molecule is CN1CC(CNS(=O)(=O)c2ccc3c(c2)CC(=O)N3C)OC1=O. The molecule has 0 aliphatic carbocycles. The summed E-state index contributed by atoms with van der Waals surface area (Å²) in [6.07, 6.45) is -0.780. The highest BCUT2D eigenvalue weighted by Crippen LogP contribution is 2.29. The maximum Gasteiger partial charge on any atom is 0.410 e. The average molecular weight is 339 g/mol. The van der Waals surface area contributed by atoms with Crippen LogP contribution >= 0.6 is 0 Å². The quantitative estimate of drug-likeness (QED) is 0.829. The lowest BCUT2D eigenvalue weighted by Gasteiger charge is -2.12. The van der Waals surface area contributed by atoms with Gasteiger partial charge in [0.2, 0.25) is 15.9 Å². The molecule has 124 valence electrons. The van der Waals surface area contributed by atoms with E-state index in [-0.39, 0.29) is 23.8 Å². The molecule has 1 fully saturated rings. The molecule has 0 spiro atoms. The first-order valence-electron chi connectivity index (χ1n) is 7.09. The Morgan fingerprint density at radius 2 is 2.04 bits per heavy atom. The Balaban J connectivity index is 1.72. The summed E-state index contributed by atoms with van der Waals surface area (Å²) in [7, 11) is -0.482. The van der Waals surface area contributed by atoms with Crippen molar-refractivity contribution in [3.63, 3.8) is 0 Å². The summed E-state index contributed by atoms with van der Waals surface area (Å²) in [5, 5.41) is 0. The van der Waals surface area contributed by atoms with E-state index < -0.39 is 22.2 Å². The fourth-order valence-corrected chi connectivity index (χ4v) is 3.77. The standard InChI is InChI=1S/C14H17N3O5S/c1-16-8-10(22-14(16)19)7-15-23(20,21)11-3-4-12-9(5-11)6-13(18)17(12)2/h3-5,10,15H,6-8H2,1-2H3. The van der Waals surface area contributed by atoms with Crippen molar-refractivity contribution in [1.29, 1.82) is 0 Å². The van der Waals surface area contributed by atoms with Crippen LogP contribution in [-0.2, 0) is 26.0 Å². The number of nitrogens with zero attached hydrogens (tertiary/aromatic N) is 2. The molecule has 0 radical (unpaired) electrons. The predicted molar refractivity (Wildman–Crippen MR) is 81.6 cm³/mol. The zero-order valence-electron chi connectivity index (χ0n) is 12.8. The second-order valence-electron chi connectivity index (χ2n) is 5.66. The van der Waals surface area contributed by atoms with Crippen molar-refractivity contribution in [3.05, 3.63) is 23.8 Å². The van der Waals surface area contributed by atoms with Gasteiger partial charge in [0.1, 0.15) is 6.10 Å². The summed E-state index contributed by atoms with van der Waals surface area (Å²) in [6, 6.07) is 4.59. The number of amides is 2. The molecule has 1 atom stereocenters. The van der Waals surface area contributed by atoms with Crippen LogP contribution in [0, 0.1) is 0 Å². The molecule has 0 aromatic heterocycles. The molecule has 1 aromatic rings.